The van der Waals surface area contributed by atoms with Crippen molar-refractivity contribution in [2.75, 3.05) is 19.5 Å². The maximum Gasteiger partial charge on any atom is 0.259 e. The Morgan fingerprint density at radius 2 is 1.82 bits per heavy atom. The zero-order chi connectivity index (χ0) is 16.1. The lowest BCUT2D eigenvalue weighted by Gasteiger charge is -2.15. The molecule has 0 heterocycles. The average molecular weight is 299 g/mol. The van der Waals surface area contributed by atoms with Gasteiger partial charge in [-0.1, -0.05) is 31.2 Å². The normalized spacial score (nSPS) is 10.2. The van der Waals surface area contributed by atoms with E-state index in [1.165, 1.54) is 7.11 Å². The van der Waals surface area contributed by atoms with Crippen LogP contribution in [0.4, 0.5) is 5.69 Å². The van der Waals surface area contributed by atoms with E-state index >= 15 is 0 Å². The minimum atomic E-state index is -0.209. The predicted octanol–water partition coefficient (Wildman–Crippen LogP) is 3.83. The molecule has 0 fully saturated rings. The number of para-hydroxylation sites is 2. The molecule has 0 aliphatic heterocycles. The van der Waals surface area contributed by atoms with Crippen molar-refractivity contribution < 1.29 is 14.3 Å². The van der Waals surface area contributed by atoms with Crippen LogP contribution in [0.5, 0.6) is 11.5 Å². The summed E-state index contributed by atoms with van der Waals surface area (Å²) in [5, 5.41) is 3.00. The first-order valence-electron chi connectivity index (χ1n) is 7.23. The molecule has 4 heteroatoms. The van der Waals surface area contributed by atoms with Crippen molar-refractivity contribution in [3.05, 3.63) is 53.1 Å². The van der Waals surface area contributed by atoms with Gasteiger partial charge in [0, 0.05) is 5.69 Å². The van der Waals surface area contributed by atoms with Crippen molar-refractivity contribution in [2.24, 2.45) is 0 Å². The number of carbonyl (C=O) groups is 1. The first-order valence-corrected chi connectivity index (χ1v) is 7.23. The zero-order valence-electron chi connectivity index (χ0n) is 13.4. The third-order valence-electron chi connectivity index (χ3n) is 3.63. The van der Waals surface area contributed by atoms with Crippen molar-refractivity contribution in [1.29, 1.82) is 0 Å². The molecule has 116 valence electrons. The van der Waals surface area contributed by atoms with Gasteiger partial charge < -0.3 is 14.8 Å². The Morgan fingerprint density at radius 3 is 2.45 bits per heavy atom. The zero-order valence-corrected chi connectivity index (χ0v) is 13.4. The molecule has 2 rings (SSSR count). The summed E-state index contributed by atoms with van der Waals surface area (Å²) >= 11 is 0. The van der Waals surface area contributed by atoms with E-state index in [1.54, 1.807) is 25.3 Å². The largest absolute Gasteiger partial charge is 0.493 e. The summed E-state index contributed by atoms with van der Waals surface area (Å²) in [6.45, 7) is 4.05. The molecule has 1 amide bonds. The maximum absolute atomic E-state index is 12.6. The van der Waals surface area contributed by atoms with Crippen molar-refractivity contribution in [3.8, 4) is 11.5 Å². The molecular weight excluding hydrogens is 278 g/mol. The monoisotopic (exact) mass is 299 g/mol. The quantitative estimate of drug-likeness (QED) is 0.913. The summed E-state index contributed by atoms with van der Waals surface area (Å²) in [5.74, 6) is 0.768. The molecule has 0 spiro atoms. The van der Waals surface area contributed by atoms with Gasteiger partial charge >= 0.3 is 0 Å². The molecule has 0 radical (unpaired) electrons. The molecule has 2 aromatic carbocycles. The van der Waals surface area contributed by atoms with E-state index in [-0.39, 0.29) is 5.91 Å². The first-order chi connectivity index (χ1) is 10.6. The lowest BCUT2D eigenvalue weighted by atomic mass is 10.1. The van der Waals surface area contributed by atoms with Crippen LogP contribution >= 0.6 is 0 Å². The second-order valence-electron chi connectivity index (χ2n) is 4.96. The summed E-state index contributed by atoms with van der Waals surface area (Å²) in [5.41, 5.74) is 3.46. The van der Waals surface area contributed by atoms with Crippen LogP contribution in [0.15, 0.2) is 36.4 Å². The Hall–Kier alpha value is -2.49. The Balaban J connectivity index is 2.39. The van der Waals surface area contributed by atoms with Crippen LogP contribution < -0.4 is 14.8 Å². The number of benzene rings is 2. The highest BCUT2D eigenvalue weighted by molar-refractivity contribution is 6.07. The van der Waals surface area contributed by atoms with E-state index in [4.69, 9.17) is 9.47 Å². The van der Waals surface area contributed by atoms with Gasteiger partial charge in [-0.2, -0.15) is 0 Å². The fraction of sp³-hybridized carbons (Fsp3) is 0.278. The molecule has 0 bridgehead atoms. The van der Waals surface area contributed by atoms with Crippen LogP contribution in [0.3, 0.4) is 0 Å². The van der Waals surface area contributed by atoms with Crippen LogP contribution in [0.25, 0.3) is 0 Å². The fourth-order valence-electron chi connectivity index (χ4n) is 2.45. The Labute approximate surface area is 131 Å². The second kappa shape index (κ2) is 6.98. The SMILES string of the molecule is CCc1cccc(C)c1NC(=O)c1cccc(OC)c1OC. The fourth-order valence-corrected chi connectivity index (χ4v) is 2.45. The molecule has 2 aromatic rings. The second-order valence-corrected chi connectivity index (χ2v) is 4.96. The molecular formula is C18H21NO3. The van der Waals surface area contributed by atoms with Crippen molar-refractivity contribution in [2.45, 2.75) is 20.3 Å². The van der Waals surface area contributed by atoms with Gasteiger partial charge in [0.25, 0.3) is 5.91 Å². The van der Waals surface area contributed by atoms with E-state index in [0.29, 0.717) is 17.1 Å². The highest BCUT2D eigenvalue weighted by atomic mass is 16.5. The lowest BCUT2D eigenvalue weighted by Crippen LogP contribution is -2.15. The van der Waals surface area contributed by atoms with Gasteiger partial charge in [0.15, 0.2) is 11.5 Å². The molecule has 0 aliphatic rings. The topological polar surface area (TPSA) is 47.6 Å². The van der Waals surface area contributed by atoms with Gasteiger partial charge in [-0.05, 0) is 36.6 Å². The van der Waals surface area contributed by atoms with E-state index in [2.05, 4.69) is 12.2 Å². The number of aryl methyl sites for hydroxylation is 2. The highest BCUT2D eigenvalue weighted by Gasteiger charge is 2.17. The molecule has 0 saturated carbocycles. The number of hydrogen-bond donors (Lipinski definition) is 1. The number of nitrogens with one attached hydrogen (secondary N) is 1. The first kappa shape index (κ1) is 15.9. The lowest BCUT2D eigenvalue weighted by molar-refractivity contribution is 0.102. The molecule has 1 N–H and O–H groups in total. The van der Waals surface area contributed by atoms with Crippen LogP contribution in [-0.2, 0) is 6.42 Å². The third-order valence-corrected chi connectivity index (χ3v) is 3.63. The van der Waals surface area contributed by atoms with Gasteiger partial charge in [-0.3, -0.25) is 4.79 Å². The minimum Gasteiger partial charge on any atom is -0.493 e. The highest BCUT2D eigenvalue weighted by Crippen LogP contribution is 2.31. The summed E-state index contributed by atoms with van der Waals surface area (Å²) in [6.07, 6.45) is 0.854. The van der Waals surface area contributed by atoms with Gasteiger partial charge in [0.1, 0.15) is 0 Å². The molecule has 0 aromatic heterocycles. The molecule has 4 nitrogen and oxygen atoms in total. The molecule has 0 unspecified atom stereocenters. The third kappa shape index (κ3) is 3.06. The molecule has 0 aliphatic carbocycles. The summed E-state index contributed by atoms with van der Waals surface area (Å²) in [4.78, 5) is 12.6. The van der Waals surface area contributed by atoms with Crippen molar-refractivity contribution in [1.82, 2.24) is 0 Å². The number of amides is 1. The predicted molar refractivity (Wildman–Crippen MR) is 88.1 cm³/mol. The van der Waals surface area contributed by atoms with Crippen molar-refractivity contribution >= 4 is 11.6 Å². The maximum atomic E-state index is 12.6. The van der Waals surface area contributed by atoms with Crippen LogP contribution in [0.1, 0.15) is 28.4 Å². The van der Waals surface area contributed by atoms with Crippen LogP contribution in [-0.4, -0.2) is 20.1 Å². The smallest absolute Gasteiger partial charge is 0.259 e. The van der Waals surface area contributed by atoms with E-state index in [9.17, 15) is 4.79 Å². The van der Waals surface area contributed by atoms with Gasteiger partial charge in [0.05, 0.1) is 19.8 Å². The number of ether oxygens (including phenoxy) is 2. The van der Waals surface area contributed by atoms with Gasteiger partial charge in [-0.15, -0.1) is 0 Å². The number of hydrogen-bond acceptors (Lipinski definition) is 3. The van der Waals surface area contributed by atoms with E-state index in [1.807, 2.05) is 25.1 Å². The standard InChI is InChI=1S/C18H21NO3/c1-5-13-9-6-8-12(2)16(13)19-18(20)14-10-7-11-15(21-3)17(14)22-4/h6-11H,5H2,1-4H3,(H,19,20). The molecule has 0 saturated heterocycles. The van der Waals surface area contributed by atoms with Gasteiger partial charge in [0.2, 0.25) is 0 Å². The summed E-state index contributed by atoms with van der Waals surface area (Å²) < 4.78 is 10.6. The summed E-state index contributed by atoms with van der Waals surface area (Å²) in [7, 11) is 3.08. The summed E-state index contributed by atoms with van der Waals surface area (Å²) in [6, 6.07) is 11.3. The average Bonchev–Trinajstić information content (AvgIpc) is 2.55. The van der Waals surface area contributed by atoms with Crippen LogP contribution in [0.2, 0.25) is 0 Å². The molecule has 22 heavy (non-hydrogen) atoms. The number of rotatable bonds is 5. The minimum absolute atomic E-state index is 0.209. The number of methoxy groups -OCH3 is 2. The van der Waals surface area contributed by atoms with Crippen molar-refractivity contribution in [3.63, 3.8) is 0 Å². The van der Waals surface area contributed by atoms with E-state index < -0.39 is 0 Å². The van der Waals surface area contributed by atoms with Gasteiger partial charge in [-0.25, -0.2) is 0 Å². The Bertz CT molecular complexity index is 680. The van der Waals surface area contributed by atoms with Crippen LogP contribution in [0, 0.1) is 6.92 Å². The number of anilines is 1. The Kier molecular flexibility index (Phi) is 5.04. The molecule has 0 atom stereocenters. The Morgan fingerprint density at radius 1 is 1.09 bits per heavy atom. The number of carbonyl (C=O) groups excluding carboxylic acids is 1. The van der Waals surface area contributed by atoms with E-state index in [0.717, 1.165) is 23.2 Å².